The summed E-state index contributed by atoms with van der Waals surface area (Å²) in [5.41, 5.74) is 6.17. The summed E-state index contributed by atoms with van der Waals surface area (Å²) in [5, 5.41) is 4.44. The second-order valence-electron chi connectivity index (χ2n) is 6.85. The maximum absolute atomic E-state index is 12.6. The van der Waals surface area contributed by atoms with Crippen molar-refractivity contribution >= 4 is 34.8 Å². The molecular formula is C24H21ClN4O3. The van der Waals surface area contributed by atoms with Crippen LogP contribution in [-0.2, 0) is 0 Å². The summed E-state index contributed by atoms with van der Waals surface area (Å²) in [4.78, 5) is 20.4. The molecular weight excluding hydrogens is 428 g/mol. The predicted molar refractivity (Wildman–Crippen MR) is 126 cm³/mol. The maximum atomic E-state index is 12.6. The molecule has 1 aromatic heterocycles. The standard InChI is InChI=1S/C24H21ClN4O3/c1-3-32-22-18(25)11-15(12-21(22)31-2)14-26-29-24(30)17-9-10-19-20(13-17)28-23(27-19)16-7-5-4-6-8-16/h4-14H,3H2,1-2H3,(H,27,28)(H,29,30)/b26-14+. The first-order chi connectivity index (χ1) is 15.6. The summed E-state index contributed by atoms with van der Waals surface area (Å²) in [6.45, 7) is 2.33. The van der Waals surface area contributed by atoms with Crippen molar-refractivity contribution in [1.82, 2.24) is 15.4 Å². The molecule has 0 spiro atoms. The normalized spacial score (nSPS) is 11.1. The van der Waals surface area contributed by atoms with E-state index < -0.39 is 0 Å². The van der Waals surface area contributed by atoms with Gasteiger partial charge in [0.15, 0.2) is 11.5 Å². The van der Waals surface area contributed by atoms with E-state index in [1.54, 1.807) is 30.3 Å². The summed E-state index contributed by atoms with van der Waals surface area (Å²) in [5.74, 6) is 1.37. The van der Waals surface area contributed by atoms with Crippen LogP contribution in [0.5, 0.6) is 11.5 Å². The minimum absolute atomic E-state index is 0.344. The summed E-state index contributed by atoms with van der Waals surface area (Å²) in [6.07, 6.45) is 1.49. The molecule has 0 fully saturated rings. The van der Waals surface area contributed by atoms with E-state index in [-0.39, 0.29) is 5.91 Å². The molecule has 4 rings (SSSR count). The molecule has 0 aliphatic heterocycles. The number of carbonyl (C=O) groups excluding carboxylic acids is 1. The van der Waals surface area contributed by atoms with Crippen molar-refractivity contribution in [3.05, 3.63) is 76.8 Å². The van der Waals surface area contributed by atoms with Crippen LogP contribution in [0.3, 0.4) is 0 Å². The van der Waals surface area contributed by atoms with Gasteiger partial charge in [-0.25, -0.2) is 10.4 Å². The van der Waals surface area contributed by atoms with E-state index >= 15 is 0 Å². The SMILES string of the molecule is CCOc1c(Cl)cc(/C=N/NC(=O)c2ccc3nc(-c4ccccc4)[nH]c3c2)cc1OC. The fourth-order valence-electron chi connectivity index (χ4n) is 3.21. The predicted octanol–water partition coefficient (Wildman–Crippen LogP) is 5.05. The first-order valence-electron chi connectivity index (χ1n) is 9.98. The molecule has 162 valence electrons. The van der Waals surface area contributed by atoms with Crippen LogP contribution in [-0.4, -0.2) is 35.8 Å². The third kappa shape index (κ3) is 4.58. The molecule has 1 heterocycles. The summed E-state index contributed by atoms with van der Waals surface area (Å²) in [6, 6.07) is 18.5. The van der Waals surface area contributed by atoms with E-state index in [0.29, 0.717) is 34.3 Å². The number of fused-ring (bicyclic) bond motifs is 1. The van der Waals surface area contributed by atoms with Crippen LogP contribution in [0.15, 0.2) is 65.8 Å². The van der Waals surface area contributed by atoms with Crippen LogP contribution in [0.1, 0.15) is 22.8 Å². The average molecular weight is 449 g/mol. The summed E-state index contributed by atoms with van der Waals surface area (Å²) in [7, 11) is 1.53. The molecule has 3 aromatic carbocycles. The lowest BCUT2D eigenvalue weighted by Gasteiger charge is -2.11. The molecule has 4 aromatic rings. The largest absolute Gasteiger partial charge is 0.493 e. The number of halogens is 1. The van der Waals surface area contributed by atoms with Gasteiger partial charge in [-0.15, -0.1) is 0 Å². The second kappa shape index (κ2) is 9.53. The van der Waals surface area contributed by atoms with Gasteiger partial charge in [0, 0.05) is 11.1 Å². The number of hydrogen-bond acceptors (Lipinski definition) is 5. The number of hydrogen-bond donors (Lipinski definition) is 2. The number of H-pyrrole nitrogens is 1. The van der Waals surface area contributed by atoms with Gasteiger partial charge >= 0.3 is 0 Å². The number of carbonyl (C=O) groups is 1. The quantitative estimate of drug-likeness (QED) is 0.305. The Balaban J connectivity index is 1.49. The fraction of sp³-hybridized carbons (Fsp3) is 0.125. The highest BCUT2D eigenvalue weighted by Crippen LogP contribution is 2.36. The van der Waals surface area contributed by atoms with E-state index in [9.17, 15) is 4.79 Å². The summed E-state index contributed by atoms with van der Waals surface area (Å²) >= 11 is 6.27. The Morgan fingerprint density at radius 3 is 2.75 bits per heavy atom. The van der Waals surface area contributed by atoms with E-state index in [2.05, 4.69) is 20.5 Å². The number of aromatic amines is 1. The highest BCUT2D eigenvalue weighted by molar-refractivity contribution is 6.32. The van der Waals surface area contributed by atoms with Crippen molar-refractivity contribution in [2.45, 2.75) is 6.92 Å². The zero-order valence-corrected chi connectivity index (χ0v) is 18.3. The van der Waals surface area contributed by atoms with Crippen LogP contribution in [0.25, 0.3) is 22.4 Å². The van der Waals surface area contributed by atoms with E-state index in [1.165, 1.54) is 13.3 Å². The second-order valence-corrected chi connectivity index (χ2v) is 7.26. The Labute approximate surface area is 190 Å². The van der Waals surface area contributed by atoms with Crippen LogP contribution in [0.2, 0.25) is 5.02 Å². The first kappa shape index (κ1) is 21.4. The number of ether oxygens (including phenoxy) is 2. The number of nitrogens with one attached hydrogen (secondary N) is 2. The van der Waals surface area contributed by atoms with Gasteiger partial charge in [-0.2, -0.15) is 5.10 Å². The molecule has 1 amide bonds. The summed E-state index contributed by atoms with van der Waals surface area (Å²) < 4.78 is 10.8. The molecule has 0 aliphatic rings. The van der Waals surface area contributed by atoms with Crippen molar-refractivity contribution in [2.24, 2.45) is 5.10 Å². The van der Waals surface area contributed by atoms with Gasteiger partial charge in [-0.05, 0) is 42.8 Å². The molecule has 0 radical (unpaired) electrons. The number of amides is 1. The van der Waals surface area contributed by atoms with Gasteiger partial charge in [-0.1, -0.05) is 41.9 Å². The lowest BCUT2D eigenvalue weighted by atomic mass is 10.2. The molecule has 0 bridgehead atoms. The molecule has 0 saturated heterocycles. The van der Waals surface area contributed by atoms with Crippen molar-refractivity contribution < 1.29 is 14.3 Å². The molecule has 0 aliphatic carbocycles. The highest BCUT2D eigenvalue weighted by atomic mass is 35.5. The Morgan fingerprint density at radius 1 is 1.19 bits per heavy atom. The fourth-order valence-corrected chi connectivity index (χ4v) is 3.49. The van der Waals surface area contributed by atoms with Crippen LogP contribution >= 0.6 is 11.6 Å². The Morgan fingerprint density at radius 2 is 2.00 bits per heavy atom. The van der Waals surface area contributed by atoms with Gasteiger partial charge in [0.1, 0.15) is 5.82 Å². The van der Waals surface area contributed by atoms with Gasteiger partial charge < -0.3 is 14.5 Å². The molecule has 0 unspecified atom stereocenters. The lowest BCUT2D eigenvalue weighted by Crippen LogP contribution is -2.17. The van der Waals surface area contributed by atoms with Gasteiger partial charge in [-0.3, -0.25) is 4.79 Å². The van der Waals surface area contributed by atoms with E-state index in [1.807, 2.05) is 37.3 Å². The third-order valence-electron chi connectivity index (χ3n) is 4.71. The molecule has 7 nitrogen and oxygen atoms in total. The topological polar surface area (TPSA) is 88.6 Å². The molecule has 8 heteroatoms. The number of imidazole rings is 1. The molecule has 2 N–H and O–H groups in total. The van der Waals surface area contributed by atoms with Crippen molar-refractivity contribution in [3.63, 3.8) is 0 Å². The van der Waals surface area contributed by atoms with Crippen molar-refractivity contribution in [2.75, 3.05) is 13.7 Å². The monoisotopic (exact) mass is 448 g/mol. The van der Waals surface area contributed by atoms with E-state index in [0.717, 1.165) is 22.4 Å². The van der Waals surface area contributed by atoms with Crippen molar-refractivity contribution in [3.8, 4) is 22.9 Å². The number of hydrazone groups is 1. The van der Waals surface area contributed by atoms with Gasteiger partial charge in [0.25, 0.3) is 5.91 Å². The maximum Gasteiger partial charge on any atom is 0.271 e. The van der Waals surface area contributed by atoms with E-state index in [4.69, 9.17) is 21.1 Å². The molecule has 0 atom stereocenters. The first-order valence-corrected chi connectivity index (χ1v) is 10.4. The Hall–Kier alpha value is -3.84. The lowest BCUT2D eigenvalue weighted by molar-refractivity contribution is 0.0955. The Bertz CT molecular complexity index is 1290. The zero-order chi connectivity index (χ0) is 22.5. The number of benzene rings is 3. The third-order valence-corrected chi connectivity index (χ3v) is 4.99. The minimum Gasteiger partial charge on any atom is -0.493 e. The Kier molecular flexibility index (Phi) is 6.37. The van der Waals surface area contributed by atoms with Crippen molar-refractivity contribution in [1.29, 1.82) is 0 Å². The molecule has 0 saturated carbocycles. The highest BCUT2D eigenvalue weighted by Gasteiger charge is 2.12. The van der Waals surface area contributed by atoms with Crippen LogP contribution < -0.4 is 14.9 Å². The van der Waals surface area contributed by atoms with Gasteiger partial charge in [0.2, 0.25) is 0 Å². The number of rotatable bonds is 7. The average Bonchev–Trinajstić information content (AvgIpc) is 3.24. The molecule has 32 heavy (non-hydrogen) atoms. The van der Waals surface area contributed by atoms with Gasteiger partial charge in [0.05, 0.1) is 36.0 Å². The smallest absolute Gasteiger partial charge is 0.271 e. The zero-order valence-electron chi connectivity index (χ0n) is 17.6. The number of nitrogens with zero attached hydrogens (tertiary/aromatic N) is 2. The number of methoxy groups -OCH3 is 1. The number of aromatic nitrogens is 2. The minimum atomic E-state index is -0.344. The van der Waals surface area contributed by atoms with Crippen LogP contribution in [0, 0.1) is 0 Å². The van der Waals surface area contributed by atoms with Crippen LogP contribution in [0.4, 0.5) is 0 Å².